The van der Waals surface area contributed by atoms with Gasteiger partial charge in [-0.25, -0.2) is 0 Å². The maximum absolute atomic E-state index is 8.85. The summed E-state index contributed by atoms with van der Waals surface area (Å²) in [4.78, 5) is 4.42. The van der Waals surface area contributed by atoms with Crippen molar-refractivity contribution in [2.45, 2.75) is 60.3 Å². The van der Waals surface area contributed by atoms with Crippen molar-refractivity contribution < 1.29 is 4.52 Å². The summed E-state index contributed by atoms with van der Waals surface area (Å²) < 4.78 is 5.28. The molecule has 0 aliphatic carbocycles. The van der Waals surface area contributed by atoms with Gasteiger partial charge in [0.1, 0.15) is 0 Å². The van der Waals surface area contributed by atoms with Gasteiger partial charge in [0.2, 0.25) is 5.89 Å². The van der Waals surface area contributed by atoms with Crippen LogP contribution in [0.5, 0.6) is 0 Å². The topological polar surface area (TPSA) is 62.7 Å². The van der Waals surface area contributed by atoms with E-state index in [0.717, 1.165) is 18.7 Å². The van der Waals surface area contributed by atoms with E-state index >= 15 is 0 Å². The second-order valence-electron chi connectivity index (χ2n) is 6.52. The molecule has 0 aliphatic rings. The molecule has 1 aromatic rings. The molecule has 0 spiro atoms. The zero-order valence-corrected chi connectivity index (χ0v) is 12.1. The summed E-state index contributed by atoms with van der Waals surface area (Å²) in [6, 6.07) is 2.23. The highest BCUT2D eigenvalue weighted by Gasteiger charge is 2.26. The van der Waals surface area contributed by atoms with E-state index in [0.29, 0.717) is 18.7 Å². The van der Waals surface area contributed by atoms with Crippen molar-refractivity contribution in [3.63, 3.8) is 0 Å². The van der Waals surface area contributed by atoms with Gasteiger partial charge in [-0.3, -0.25) is 0 Å². The lowest BCUT2D eigenvalue weighted by Gasteiger charge is -2.22. The average Bonchev–Trinajstić information content (AvgIpc) is 2.63. The summed E-state index contributed by atoms with van der Waals surface area (Å²) in [5, 5.41) is 12.9. The largest absolute Gasteiger partial charge is 0.339 e. The number of nitriles is 1. The molecule has 0 saturated carbocycles. The van der Waals surface area contributed by atoms with Crippen LogP contribution in [0, 0.1) is 22.2 Å². The summed E-state index contributed by atoms with van der Waals surface area (Å²) >= 11 is 0. The normalized spacial score (nSPS) is 15.1. The van der Waals surface area contributed by atoms with Gasteiger partial charge in [0.25, 0.3) is 0 Å². The fraction of sp³-hybridized carbons (Fsp3) is 0.786. The predicted octanol–water partition coefficient (Wildman–Crippen LogP) is 3.53. The second kappa shape index (κ2) is 5.51. The molecule has 4 nitrogen and oxygen atoms in total. The molecule has 0 aromatic carbocycles. The van der Waals surface area contributed by atoms with Crippen LogP contribution in [0.2, 0.25) is 0 Å². The van der Waals surface area contributed by atoms with Crippen LogP contribution in [0.15, 0.2) is 4.52 Å². The second-order valence-corrected chi connectivity index (χ2v) is 6.52. The lowest BCUT2D eigenvalue weighted by atomic mass is 9.81. The van der Waals surface area contributed by atoms with E-state index in [-0.39, 0.29) is 10.8 Å². The highest BCUT2D eigenvalue weighted by Crippen LogP contribution is 2.29. The zero-order chi connectivity index (χ0) is 13.8. The Morgan fingerprint density at radius 3 is 2.39 bits per heavy atom. The van der Waals surface area contributed by atoms with Crippen LogP contribution in [-0.4, -0.2) is 10.1 Å². The SMILES string of the molecule is CCC(C)(CC#N)Cc1nc(CC(C)(C)C)no1. The highest BCUT2D eigenvalue weighted by molar-refractivity contribution is 4.96. The van der Waals surface area contributed by atoms with Crippen molar-refractivity contribution in [2.75, 3.05) is 0 Å². The van der Waals surface area contributed by atoms with Crippen LogP contribution >= 0.6 is 0 Å². The zero-order valence-electron chi connectivity index (χ0n) is 12.1. The maximum atomic E-state index is 8.85. The Hall–Kier alpha value is -1.37. The molecule has 0 N–H and O–H groups in total. The molecule has 0 saturated heterocycles. The summed E-state index contributed by atoms with van der Waals surface area (Å²) in [5.74, 6) is 1.40. The molecule has 1 atom stereocenters. The number of nitrogens with zero attached hydrogens (tertiary/aromatic N) is 3. The van der Waals surface area contributed by atoms with Crippen molar-refractivity contribution in [2.24, 2.45) is 10.8 Å². The van der Waals surface area contributed by atoms with E-state index < -0.39 is 0 Å². The van der Waals surface area contributed by atoms with Crippen LogP contribution in [-0.2, 0) is 12.8 Å². The third kappa shape index (κ3) is 4.48. The standard InChI is InChI=1S/C14H23N3O/c1-6-14(5,7-8-15)10-12-16-11(17-18-12)9-13(2,3)4/h6-7,9-10H2,1-5H3. The monoisotopic (exact) mass is 249 g/mol. The lowest BCUT2D eigenvalue weighted by Crippen LogP contribution is -2.18. The average molecular weight is 249 g/mol. The Bertz CT molecular complexity index is 425. The molecule has 1 heterocycles. The minimum absolute atomic E-state index is 0.0692. The first-order chi connectivity index (χ1) is 8.28. The smallest absolute Gasteiger partial charge is 0.227 e. The molecule has 18 heavy (non-hydrogen) atoms. The van der Waals surface area contributed by atoms with Crippen molar-refractivity contribution in [3.05, 3.63) is 11.7 Å². The van der Waals surface area contributed by atoms with Crippen molar-refractivity contribution in [1.82, 2.24) is 10.1 Å². The third-order valence-corrected chi connectivity index (χ3v) is 3.14. The van der Waals surface area contributed by atoms with Gasteiger partial charge in [0.15, 0.2) is 5.82 Å². The number of rotatable bonds is 5. The van der Waals surface area contributed by atoms with Gasteiger partial charge in [-0.1, -0.05) is 39.8 Å². The molecule has 1 aromatic heterocycles. The van der Waals surface area contributed by atoms with E-state index in [1.807, 2.05) is 0 Å². The van der Waals surface area contributed by atoms with E-state index in [4.69, 9.17) is 9.78 Å². The van der Waals surface area contributed by atoms with Gasteiger partial charge in [-0.05, 0) is 17.3 Å². The molecule has 100 valence electrons. The fourth-order valence-electron chi connectivity index (χ4n) is 1.78. The van der Waals surface area contributed by atoms with Crippen LogP contribution in [0.4, 0.5) is 0 Å². The molecular weight excluding hydrogens is 226 g/mol. The number of aromatic nitrogens is 2. The Morgan fingerprint density at radius 2 is 1.89 bits per heavy atom. The van der Waals surface area contributed by atoms with Crippen LogP contribution in [0.3, 0.4) is 0 Å². The molecule has 0 aliphatic heterocycles. The summed E-state index contributed by atoms with van der Waals surface area (Å²) in [5.41, 5.74) is 0.0855. The molecule has 0 amide bonds. The van der Waals surface area contributed by atoms with Gasteiger partial charge in [-0.2, -0.15) is 10.2 Å². The Kier molecular flexibility index (Phi) is 4.50. The predicted molar refractivity (Wildman–Crippen MR) is 69.8 cm³/mol. The van der Waals surface area contributed by atoms with Crippen LogP contribution < -0.4 is 0 Å². The van der Waals surface area contributed by atoms with Gasteiger partial charge in [0.05, 0.1) is 6.07 Å². The fourth-order valence-corrected chi connectivity index (χ4v) is 1.78. The molecule has 0 radical (unpaired) electrons. The number of hydrogen-bond donors (Lipinski definition) is 0. The molecule has 0 bridgehead atoms. The minimum atomic E-state index is -0.0692. The first-order valence-corrected chi connectivity index (χ1v) is 6.46. The van der Waals surface area contributed by atoms with Crippen molar-refractivity contribution in [1.29, 1.82) is 5.26 Å². The molecule has 1 unspecified atom stereocenters. The first kappa shape index (κ1) is 14.7. The van der Waals surface area contributed by atoms with E-state index in [9.17, 15) is 0 Å². The maximum Gasteiger partial charge on any atom is 0.227 e. The van der Waals surface area contributed by atoms with Crippen molar-refractivity contribution in [3.8, 4) is 6.07 Å². The Labute approximate surface area is 109 Å². The minimum Gasteiger partial charge on any atom is -0.339 e. The highest BCUT2D eigenvalue weighted by atomic mass is 16.5. The number of hydrogen-bond acceptors (Lipinski definition) is 4. The van der Waals surface area contributed by atoms with Crippen LogP contribution in [0.1, 0.15) is 59.2 Å². The van der Waals surface area contributed by atoms with E-state index in [2.05, 4.69) is 50.8 Å². The molecule has 4 heteroatoms. The lowest BCUT2D eigenvalue weighted by molar-refractivity contribution is 0.264. The summed E-state index contributed by atoms with van der Waals surface area (Å²) in [6.07, 6.45) is 2.92. The first-order valence-electron chi connectivity index (χ1n) is 6.46. The van der Waals surface area contributed by atoms with E-state index in [1.165, 1.54) is 0 Å². The molecule has 1 rings (SSSR count). The van der Waals surface area contributed by atoms with E-state index in [1.54, 1.807) is 0 Å². The van der Waals surface area contributed by atoms with Crippen molar-refractivity contribution >= 4 is 0 Å². The van der Waals surface area contributed by atoms with Gasteiger partial charge < -0.3 is 4.52 Å². The Morgan fingerprint density at radius 1 is 1.22 bits per heavy atom. The van der Waals surface area contributed by atoms with Crippen LogP contribution in [0.25, 0.3) is 0 Å². The molecule has 0 fully saturated rings. The molecular formula is C14H23N3O. The third-order valence-electron chi connectivity index (χ3n) is 3.14. The Balaban J connectivity index is 2.72. The van der Waals surface area contributed by atoms with Gasteiger partial charge >= 0.3 is 0 Å². The van der Waals surface area contributed by atoms with Gasteiger partial charge in [0, 0.05) is 19.3 Å². The van der Waals surface area contributed by atoms with Gasteiger partial charge in [-0.15, -0.1) is 0 Å². The summed E-state index contributed by atoms with van der Waals surface area (Å²) in [6.45, 7) is 10.6. The summed E-state index contributed by atoms with van der Waals surface area (Å²) in [7, 11) is 0. The quantitative estimate of drug-likeness (QED) is 0.800.